The summed E-state index contributed by atoms with van der Waals surface area (Å²) >= 11 is 0. The van der Waals surface area contributed by atoms with Gasteiger partial charge in [0, 0.05) is 24.5 Å². The number of anilines is 2. The fourth-order valence-electron chi connectivity index (χ4n) is 3.09. The van der Waals surface area contributed by atoms with Crippen LogP contribution in [0, 0.1) is 19.7 Å². The van der Waals surface area contributed by atoms with Crippen LogP contribution in [0.15, 0.2) is 60.7 Å². The van der Waals surface area contributed by atoms with Gasteiger partial charge in [0.2, 0.25) is 0 Å². The molecule has 0 unspecified atom stereocenters. The lowest BCUT2D eigenvalue weighted by Gasteiger charge is -2.24. The van der Waals surface area contributed by atoms with E-state index in [0.717, 1.165) is 33.6 Å². The zero-order chi connectivity index (χ0) is 20.3. The van der Waals surface area contributed by atoms with Gasteiger partial charge in [0.25, 0.3) is 0 Å². The molecule has 0 saturated carbocycles. The monoisotopic (exact) mass is 379 g/mol. The van der Waals surface area contributed by atoms with Gasteiger partial charge in [-0.25, -0.2) is 9.18 Å². The maximum atomic E-state index is 13.7. The highest BCUT2D eigenvalue weighted by molar-refractivity contribution is 5.76. The third kappa shape index (κ3) is 4.31. The number of carboxylic acids is 1. The molecule has 4 nitrogen and oxygen atoms in total. The molecule has 0 aliphatic rings. The Balaban J connectivity index is 1.98. The Hall–Kier alpha value is -3.34. The van der Waals surface area contributed by atoms with Crippen molar-refractivity contribution in [1.82, 2.24) is 0 Å². The van der Waals surface area contributed by atoms with Crippen molar-refractivity contribution in [3.05, 3.63) is 77.6 Å². The summed E-state index contributed by atoms with van der Waals surface area (Å²) in [5, 5.41) is 8.79. The first kappa shape index (κ1) is 19.4. The van der Waals surface area contributed by atoms with Crippen LogP contribution in [0.25, 0.3) is 11.1 Å². The van der Waals surface area contributed by atoms with Gasteiger partial charge in [-0.1, -0.05) is 24.3 Å². The number of benzene rings is 3. The van der Waals surface area contributed by atoms with Crippen molar-refractivity contribution in [2.45, 2.75) is 13.8 Å². The van der Waals surface area contributed by atoms with Gasteiger partial charge in [-0.2, -0.15) is 0 Å². The number of hydrogen-bond donors (Lipinski definition) is 1. The molecule has 0 aliphatic heterocycles. The molecule has 5 heteroatoms. The Labute approximate surface area is 163 Å². The van der Waals surface area contributed by atoms with Gasteiger partial charge in [0.1, 0.15) is 11.6 Å². The standard InChI is InChI=1S/C23H22FNO3/c1-15-10-18(17-6-4-7-19(24)11-17)12-22(16(15)2)25(3)20-8-5-9-21(13-20)28-14-23(26)27/h4-13H,14H2,1-3H3,(H,26,27). The molecule has 0 aromatic heterocycles. The molecule has 0 heterocycles. The van der Waals surface area contributed by atoms with Gasteiger partial charge in [0.15, 0.2) is 6.61 Å². The van der Waals surface area contributed by atoms with Crippen LogP contribution in [0.3, 0.4) is 0 Å². The van der Waals surface area contributed by atoms with Crippen molar-refractivity contribution in [3.63, 3.8) is 0 Å². The molecule has 0 spiro atoms. The highest BCUT2D eigenvalue weighted by Crippen LogP contribution is 2.34. The topological polar surface area (TPSA) is 49.8 Å². The highest BCUT2D eigenvalue weighted by Gasteiger charge is 2.13. The Morgan fingerprint density at radius 2 is 1.79 bits per heavy atom. The normalized spacial score (nSPS) is 10.6. The molecule has 28 heavy (non-hydrogen) atoms. The molecule has 3 aromatic carbocycles. The van der Waals surface area contributed by atoms with Crippen molar-refractivity contribution < 1.29 is 19.0 Å². The molecule has 144 valence electrons. The average molecular weight is 379 g/mol. The number of hydrogen-bond acceptors (Lipinski definition) is 3. The third-order valence-corrected chi connectivity index (χ3v) is 4.73. The predicted octanol–water partition coefficient (Wildman–Crippen LogP) is 5.34. The van der Waals surface area contributed by atoms with E-state index in [4.69, 9.17) is 9.84 Å². The first-order valence-corrected chi connectivity index (χ1v) is 8.90. The van der Waals surface area contributed by atoms with Crippen LogP contribution in [0.5, 0.6) is 5.75 Å². The molecule has 3 rings (SSSR count). The SMILES string of the molecule is Cc1cc(-c2cccc(F)c2)cc(N(C)c2cccc(OCC(=O)O)c2)c1C. The van der Waals surface area contributed by atoms with E-state index in [1.165, 1.54) is 12.1 Å². The fraction of sp³-hybridized carbons (Fsp3) is 0.174. The summed E-state index contributed by atoms with van der Waals surface area (Å²) in [7, 11) is 1.94. The third-order valence-electron chi connectivity index (χ3n) is 4.73. The predicted molar refractivity (Wildman–Crippen MR) is 109 cm³/mol. The summed E-state index contributed by atoms with van der Waals surface area (Å²) in [4.78, 5) is 12.7. The van der Waals surface area contributed by atoms with E-state index in [2.05, 4.69) is 0 Å². The molecule has 0 fully saturated rings. The fourth-order valence-corrected chi connectivity index (χ4v) is 3.09. The largest absolute Gasteiger partial charge is 0.482 e. The minimum Gasteiger partial charge on any atom is -0.482 e. The Morgan fingerprint density at radius 3 is 2.50 bits per heavy atom. The van der Waals surface area contributed by atoms with Crippen LogP contribution in [-0.4, -0.2) is 24.7 Å². The maximum absolute atomic E-state index is 13.7. The minimum absolute atomic E-state index is 0.270. The summed E-state index contributed by atoms with van der Waals surface area (Å²) < 4.78 is 19.0. The van der Waals surface area contributed by atoms with Crippen molar-refractivity contribution >= 4 is 17.3 Å². The van der Waals surface area contributed by atoms with Gasteiger partial charge < -0.3 is 14.7 Å². The molecule has 0 saturated heterocycles. The molecular formula is C23H22FNO3. The number of aliphatic carboxylic acids is 1. The lowest BCUT2D eigenvalue weighted by Crippen LogP contribution is -2.13. The van der Waals surface area contributed by atoms with Crippen LogP contribution in [0.1, 0.15) is 11.1 Å². The Morgan fingerprint density at radius 1 is 1.04 bits per heavy atom. The second-order valence-corrected chi connectivity index (χ2v) is 6.69. The maximum Gasteiger partial charge on any atom is 0.341 e. The molecule has 0 atom stereocenters. The van der Waals surface area contributed by atoms with Gasteiger partial charge >= 0.3 is 5.97 Å². The van der Waals surface area contributed by atoms with Crippen molar-refractivity contribution in [3.8, 4) is 16.9 Å². The quantitative estimate of drug-likeness (QED) is 0.628. The first-order chi connectivity index (χ1) is 13.3. The van der Waals surface area contributed by atoms with Crippen LogP contribution in [0.4, 0.5) is 15.8 Å². The van der Waals surface area contributed by atoms with E-state index >= 15 is 0 Å². The van der Waals surface area contributed by atoms with E-state index in [-0.39, 0.29) is 12.4 Å². The molecule has 0 radical (unpaired) electrons. The number of ether oxygens (including phenoxy) is 1. The highest BCUT2D eigenvalue weighted by atomic mass is 19.1. The lowest BCUT2D eigenvalue weighted by molar-refractivity contribution is -0.139. The second kappa shape index (κ2) is 8.13. The van der Waals surface area contributed by atoms with Gasteiger partial charge in [-0.3, -0.25) is 0 Å². The first-order valence-electron chi connectivity index (χ1n) is 8.90. The zero-order valence-corrected chi connectivity index (χ0v) is 16.1. The second-order valence-electron chi connectivity index (χ2n) is 6.69. The molecule has 0 aliphatic carbocycles. The van der Waals surface area contributed by atoms with Crippen molar-refractivity contribution in [2.24, 2.45) is 0 Å². The van der Waals surface area contributed by atoms with Crippen LogP contribution >= 0.6 is 0 Å². The summed E-state index contributed by atoms with van der Waals surface area (Å²) in [5.74, 6) is -0.802. The Bertz CT molecular complexity index is 1020. The number of halogens is 1. The number of carbonyl (C=O) groups is 1. The number of carboxylic acid groups (broad SMARTS) is 1. The summed E-state index contributed by atoms with van der Waals surface area (Å²) in [6.07, 6.45) is 0. The number of nitrogens with zero attached hydrogens (tertiary/aromatic N) is 1. The summed E-state index contributed by atoms with van der Waals surface area (Å²) in [6, 6.07) is 17.9. The minimum atomic E-state index is -1.02. The van der Waals surface area contributed by atoms with Crippen LogP contribution < -0.4 is 9.64 Å². The molecule has 1 N–H and O–H groups in total. The van der Waals surface area contributed by atoms with Crippen LogP contribution in [-0.2, 0) is 4.79 Å². The van der Waals surface area contributed by atoms with E-state index in [9.17, 15) is 9.18 Å². The molecule has 0 amide bonds. The molecule has 0 bridgehead atoms. The number of rotatable bonds is 6. The molecular weight excluding hydrogens is 357 g/mol. The van der Waals surface area contributed by atoms with Gasteiger partial charge in [0.05, 0.1) is 0 Å². The van der Waals surface area contributed by atoms with E-state index in [1.54, 1.807) is 18.2 Å². The van der Waals surface area contributed by atoms with Crippen molar-refractivity contribution in [2.75, 3.05) is 18.6 Å². The smallest absolute Gasteiger partial charge is 0.341 e. The lowest BCUT2D eigenvalue weighted by atomic mass is 9.98. The average Bonchev–Trinajstić information content (AvgIpc) is 2.68. The van der Waals surface area contributed by atoms with Gasteiger partial charge in [-0.15, -0.1) is 0 Å². The van der Waals surface area contributed by atoms with E-state index < -0.39 is 5.97 Å². The molecule has 3 aromatic rings. The van der Waals surface area contributed by atoms with E-state index in [1.807, 2.05) is 56.1 Å². The van der Waals surface area contributed by atoms with Gasteiger partial charge in [-0.05, 0) is 66.4 Å². The zero-order valence-electron chi connectivity index (χ0n) is 16.1. The van der Waals surface area contributed by atoms with Crippen molar-refractivity contribution in [1.29, 1.82) is 0 Å². The summed E-state index contributed by atoms with van der Waals surface area (Å²) in [6.45, 7) is 3.68. The van der Waals surface area contributed by atoms with E-state index in [0.29, 0.717) is 5.75 Å². The van der Waals surface area contributed by atoms with Crippen LogP contribution in [0.2, 0.25) is 0 Å². The summed E-state index contributed by atoms with van der Waals surface area (Å²) in [5.41, 5.74) is 5.80. The number of aryl methyl sites for hydroxylation is 1. The Kier molecular flexibility index (Phi) is 5.64.